The molecule has 2 aromatic heterocycles. The van der Waals surface area contributed by atoms with Crippen molar-refractivity contribution in [1.82, 2.24) is 9.97 Å². The first-order valence-corrected chi connectivity index (χ1v) is 11.7. The fraction of sp³-hybridized carbons (Fsp3) is 0.0968. The highest BCUT2D eigenvalue weighted by Gasteiger charge is 2.29. The van der Waals surface area contributed by atoms with Gasteiger partial charge in [0.25, 0.3) is 6.71 Å². The molecule has 34 heavy (non-hydrogen) atoms. The largest absolute Gasteiger partial charge is 0.288 e. The van der Waals surface area contributed by atoms with Crippen LogP contribution in [0.25, 0.3) is 22.5 Å². The van der Waals surface area contributed by atoms with Gasteiger partial charge in [-0.15, -0.1) is 0 Å². The Hall–Kier alpha value is -3.98. The number of hydrogen-bond donors (Lipinski definition) is 0. The van der Waals surface area contributed by atoms with Crippen LogP contribution in [0.1, 0.15) is 16.7 Å². The molecule has 0 radical (unpaired) electrons. The summed E-state index contributed by atoms with van der Waals surface area (Å²) in [4.78, 5) is 10.3. The Morgan fingerprint density at radius 1 is 0.500 bits per heavy atom. The van der Waals surface area contributed by atoms with Crippen molar-refractivity contribution in [3.8, 4) is 22.5 Å². The van der Waals surface area contributed by atoms with Crippen molar-refractivity contribution < 1.29 is 0 Å². The van der Waals surface area contributed by atoms with Crippen molar-refractivity contribution in [3.05, 3.63) is 126 Å². The van der Waals surface area contributed by atoms with Gasteiger partial charge < -0.3 is 0 Å². The van der Waals surface area contributed by atoms with Gasteiger partial charge >= 0.3 is 0 Å². The summed E-state index contributed by atoms with van der Waals surface area (Å²) in [5.41, 5.74) is 11.3. The maximum atomic E-state index is 5.16. The molecule has 5 rings (SSSR count). The first-order valence-electron chi connectivity index (χ1n) is 11.7. The third-order valence-corrected chi connectivity index (χ3v) is 6.30. The summed E-state index contributed by atoms with van der Waals surface area (Å²) in [5.74, 6) is 0. The molecule has 0 saturated carbocycles. The van der Waals surface area contributed by atoms with E-state index in [9.17, 15) is 0 Å². The second-order valence-electron chi connectivity index (χ2n) is 8.87. The zero-order chi connectivity index (χ0) is 23.5. The minimum Gasteiger partial charge on any atom is -0.262 e. The van der Waals surface area contributed by atoms with Gasteiger partial charge in [0.05, 0.1) is 11.4 Å². The SMILES string of the molecule is Cc1cc(C)c(B(c2cccc(-c3ccccc3)n2)c2cccc(-c3ccccc3)n2)c(C)c1. The molecule has 0 aliphatic heterocycles. The highest BCUT2D eigenvalue weighted by atomic mass is 14.7. The molecular formula is C31H27BN2. The van der Waals surface area contributed by atoms with E-state index in [0.29, 0.717) is 0 Å². The van der Waals surface area contributed by atoms with E-state index < -0.39 is 0 Å². The van der Waals surface area contributed by atoms with Crippen LogP contribution in [0.2, 0.25) is 0 Å². The summed E-state index contributed by atoms with van der Waals surface area (Å²) >= 11 is 0. The van der Waals surface area contributed by atoms with Gasteiger partial charge in [-0.25, -0.2) is 0 Å². The van der Waals surface area contributed by atoms with Gasteiger partial charge in [-0.3, -0.25) is 9.97 Å². The topological polar surface area (TPSA) is 25.8 Å². The number of rotatable bonds is 5. The molecule has 0 amide bonds. The van der Waals surface area contributed by atoms with E-state index in [2.05, 4.69) is 118 Å². The van der Waals surface area contributed by atoms with Crippen LogP contribution < -0.4 is 16.6 Å². The quantitative estimate of drug-likeness (QED) is 0.350. The van der Waals surface area contributed by atoms with Gasteiger partial charge in [0, 0.05) is 22.3 Å². The maximum Gasteiger partial charge on any atom is 0.288 e. The fourth-order valence-electron chi connectivity index (χ4n) is 4.86. The van der Waals surface area contributed by atoms with Crippen molar-refractivity contribution in [2.75, 3.05) is 0 Å². The molecule has 3 aromatic carbocycles. The van der Waals surface area contributed by atoms with Crippen LogP contribution in [0.3, 0.4) is 0 Å². The van der Waals surface area contributed by atoms with Crippen LogP contribution in [0.4, 0.5) is 0 Å². The molecule has 5 aromatic rings. The zero-order valence-electron chi connectivity index (χ0n) is 19.9. The average molecular weight is 438 g/mol. The Morgan fingerprint density at radius 3 is 1.38 bits per heavy atom. The number of aryl methyl sites for hydroxylation is 3. The highest BCUT2D eigenvalue weighted by Crippen LogP contribution is 2.17. The number of benzene rings is 3. The summed E-state index contributed by atoms with van der Waals surface area (Å²) in [6.07, 6.45) is 0. The van der Waals surface area contributed by atoms with Gasteiger partial charge in [-0.05, 0) is 45.0 Å². The van der Waals surface area contributed by atoms with Crippen molar-refractivity contribution in [3.63, 3.8) is 0 Å². The minimum absolute atomic E-state index is 0.0621. The van der Waals surface area contributed by atoms with E-state index in [-0.39, 0.29) is 6.71 Å². The van der Waals surface area contributed by atoms with E-state index in [1.54, 1.807) is 0 Å². The Morgan fingerprint density at radius 2 is 0.941 bits per heavy atom. The van der Waals surface area contributed by atoms with Crippen LogP contribution in [-0.2, 0) is 0 Å². The van der Waals surface area contributed by atoms with Crippen molar-refractivity contribution in [1.29, 1.82) is 0 Å². The van der Waals surface area contributed by atoms with Crippen molar-refractivity contribution >= 4 is 23.4 Å². The smallest absolute Gasteiger partial charge is 0.262 e. The molecule has 0 bridgehead atoms. The van der Waals surface area contributed by atoms with Gasteiger partial charge in [-0.2, -0.15) is 0 Å². The monoisotopic (exact) mass is 438 g/mol. The van der Waals surface area contributed by atoms with Crippen LogP contribution in [0, 0.1) is 20.8 Å². The third kappa shape index (κ3) is 4.42. The van der Waals surface area contributed by atoms with Crippen molar-refractivity contribution in [2.45, 2.75) is 20.8 Å². The van der Waals surface area contributed by atoms with Crippen LogP contribution >= 0.6 is 0 Å². The maximum absolute atomic E-state index is 5.16. The Kier molecular flexibility index (Phi) is 6.10. The Labute approximate surface area is 202 Å². The lowest BCUT2D eigenvalue weighted by molar-refractivity contribution is 1.33. The molecule has 2 nitrogen and oxygen atoms in total. The van der Waals surface area contributed by atoms with E-state index in [1.165, 1.54) is 22.2 Å². The molecule has 0 aliphatic carbocycles. The van der Waals surface area contributed by atoms with E-state index in [1.807, 2.05) is 12.1 Å². The molecule has 3 heteroatoms. The number of pyridine rings is 2. The Balaban J connectivity index is 1.71. The molecule has 0 spiro atoms. The first kappa shape index (κ1) is 21.8. The summed E-state index contributed by atoms with van der Waals surface area (Å²) < 4.78 is 0. The predicted molar refractivity (Wildman–Crippen MR) is 145 cm³/mol. The van der Waals surface area contributed by atoms with Crippen LogP contribution in [-0.4, -0.2) is 16.7 Å². The summed E-state index contributed by atoms with van der Waals surface area (Å²) in [7, 11) is 0. The van der Waals surface area contributed by atoms with Gasteiger partial charge in [0.1, 0.15) is 0 Å². The standard InChI is InChI=1S/C31H27BN2/c1-22-20-23(2)31(24(3)21-22)32(29-18-10-16-27(33-29)25-12-6-4-7-13-25)30-19-11-17-28(34-30)26-14-8-5-9-15-26/h4-21H,1-3H3. The van der Waals surface area contributed by atoms with Gasteiger partial charge in [-0.1, -0.05) is 107 Å². The summed E-state index contributed by atoms with van der Waals surface area (Å²) in [5, 5.41) is 0. The normalized spacial score (nSPS) is 10.8. The molecular weight excluding hydrogens is 411 g/mol. The van der Waals surface area contributed by atoms with Gasteiger partial charge in [0.2, 0.25) is 0 Å². The fourth-order valence-corrected chi connectivity index (χ4v) is 4.86. The predicted octanol–water partition coefficient (Wildman–Crippen LogP) is 5.25. The molecule has 0 saturated heterocycles. The molecule has 0 N–H and O–H groups in total. The average Bonchev–Trinajstić information content (AvgIpc) is 2.87. The summed E-state index contributed by atoms with van der Waals surface area (Å²) in [6.45, 7) is 6.49. The molecule has 0 unspecified atom stereocenters. The lowest BCUT2D eigenvalue weighted by Crippen LogP contribution is -2.56. The van der Waals surface area contributed by atoms with E-state index in [4.69, 9.17) is 9.97 Å². The molecule has 2 heterocycles. The lowest BCUT2D eigenvalue weighted by atomic mass is 9.38. The van der Waals surface area contributed by atoms with E-state index >= 15 is 0 Å². The molecule has 0 atom stereocenters. The minimum atomic E-state index is -0.0621. The van der Waals surface area contributed by atoms with Crippen LogP contribution in [0.5, 0.6) is 0 Å². The third-order valence-electron chi connectivity index (χ3n) is 6.30. The number of hydrogen-bond acceptors (Lipinski definition) is 2. The molecule has 0 fully saturated rings. The zero-order valence-corrected chi connectivity index (χ0v) is 19.9. The molecule has 0 aliphatic rings. The van der Waals surface area contributed by atoms with Gasteiger partial charge in [0.15, 0.2) is 0 Å². The lowest BCUT2D eigenvalue weighted by Gasteiger charge is -2.20. The second-order valence-corrected chi connectivity index (χ2v) is 8.87. The second kappa shape index (κ2) is 9.48. The number of aromatic nitrogens is 2. The van der Waals surface area contributed by atoms with Crippen molar-refractivity contribution in [2.24, 2.45) is 0 Å². The molecule has 164 valence electrons. The van der Waals surface area contributed by atoms with Crippen LogP contribution in [0.15, 0.2) is 109 Å². The highest BCUT2D eigenvalue weighted by molar-refractivity contribution is 6.95. The first-order chi connectivity index (χ1) is 16.6. The Bertz CT molecular complexity index is 1320. The summed E-state index contributed by atoms with van der Waals surface area (Å²) in [6, 6.07) is 37.9. The number of nitrogens with zero attached hydrogens (tertiary/aromatic N) is 2. The van der Waals surface area contributed by atoms with E-state index in [0.717, 1.165) is 33.7 Å².